The molecule has 2 fully saturated rings. The molecule has 0 saturated heterocycles. The lowest BCUT2D eigenvalue weighted by Crippen LogP contribution is -2.18. The standard InChI is InChI=1S/C9H11NO2/c11-5-10-9(12)8-4-6-1-2-7(8)3-6/h6-8H,1-4H2. The number of aliphatic imine (C=N–C) groups is 1. The third-order valence-corrected chi connectivity index (χ3v) is 3.21. The van der Waals surface area contributed by atoms with Gasteiger partial charge in [0.05, 0.1) is 0 Å². The summed E-state index contributed by atoms with van der Waals surface area (Å²) in [7, 11) is 0. The topological polar surface area (TPSA) is 46.5 Å². The van der Waals surface area contributed by atoms with E-state index in [1.807, 2.05) is 0 Å². The molecule has 2 aliphatic carbocycles. The molecule has 0 radical (unpaired) electrons. The number of hydrogen-bond donors (Lipinski definition) is 0. The fraction of sp³-hybridized carbons (Fsp3) is 0.778. The molecule has 2 aliphatic rings. The maximum absolute atomic E-state index is 11.2. The largest absolute Gasteiger partial charge is 0.271 e. The predicted octanol–water partition coefficient (Wildman–Crippen LogP) is 1.28. The Morgan fingerprint density at radius 2 is 2.17 bits per heavy atom. The Bertz CT molecular complexity index is 255. The van der Waals surface area contributed by atoms with Crippen molar-refractivity contribution in [3.63, 3.8) is 0 Å². The quantitative estimate of drug-likeness (QED) is 0.434. The highest BCUT2D eigenvalue weighted by atomic mass is 16.2. The fourth-order valence-electron chi connectivity index (χ4n) is 2.68. The van der Waals surface area contributed by atoms with Crippen molar-refractivity contribution in [2.24, 2.45) is 22.7 Å². The molecular formula is C9H11NO2. The molecule has 0 aromatic heterocycles. The van der Waals surface area contributed by atoms with Gasteiger partial charge in [-0.05, 0) is 31.1 Å². The molecule has 0 heterocycles. The number of hydrogen-bond acceptors (Lipinski definition) is 2. The van der Waals surface area contributed by atoms with Gasteiger partial charge in [-0.1, -0.05) is 6.42 Å². The van der Waals surface area contributed by atoms with Crippen molar-refractivity contribution in [1.82, 2.24) is 0 Å². The number of amides is 1. The highest BCUT2D eigenvalue weighted by molar-refractivity contribution is 5.84. The van der Waals surface area contributed by atoms with E-state index in [0.29, 0.717) is 5.92 Å². The van der Waals surface area contributed by atoms with Crippen LogP contribution in [0.2, 0.25) is 0 Å². The van der Waals surface area contributed by atoms with E-state index in [-0.39, 0.29) is 11.8 Å². The second kappa shape index (κ2) is 2.83. The summed E-state index contributed by atoms with van der Waals surface area (Å²) in [6, 6.07) is 0. The molecule has 0 aliphatic heterocycles. The molecule has 12 heavy (non-hydrogen) atoms. The summed E-state index contributed by atoms with van der Waals surface area (Å²) < 4.78 is 0. The molecule has 3 atom stereocenters. The fourth-order valence-corrected chi connectivity index (χ4v) is 2.68. The van der Waals surface area contributed by atoms with Crippen molar-refractivity contribution in [3.8, 4) is 0 Å². The van der Waals surface area contributed by atoms with Crippen LogP contribution in [0, 0.1) is 17.8 Å². The minimum atomic E-state index is -0.239. The van der Waals surface area contributed by atoms with E-state index >= 15 is 0 Å². The summed E-state index contributed by atoms with van der Waals surface area (Å²) in [6.45, 7) is 0. The van der Waals surface area contributed by atoms with Gasteiger partial charge < -0.3 is 0 Å². The Hall–Kier alpha value is -0.950. The summed E-state index contributed by atoms with van der Waals surface area (Å²) in [5.74, 6) is 1.05. The van der Waals surface area contributed by atoms with Crippen LogP contribution < -0.4 is 0 Å². The first-order valence-corrected chi connectivity index (χ1v) is 4.43. The van der Waals surface area contributed by atoms with E-state index < -0.39 is 0 Å². The number of rotatable bonds is 1. The van der Waals surface area contributed by atoms with E-state index in [9.17, 15) is 9.59 Å². The van der Waals surface area contributed by atoms with Crippen LogP contribution in [-0.4, -0.2) is 12.0 Å². The molecular weight excluding hydrogens is 154 g/mol. The zero-order chi connectivity index (χ0) is 8.55. The Morgan fingerprint density at radius 1 is 1.33 bits per heavy atom. The van der Waals surface area contributed by atoms with Gasteiger partial charge in [0.25, 0.3) is 5.91 Å². The summed E-state index contributed by atoms with van der Waals surface area (Å²) >= 11 is 0. The normalized spacial score (nSPS) is 37.8. The van der Waals surface area contributed by atoms with Crippen molar-refractivity contribution in [2.45, 2.75) is 25.7 Å². The third-order valence-electron chi connectivity index (χ3n) is 3.21. The van der Waals surface area contributed by atoms with Crippen LogP contribution in [0.4, 0.5) is 0 Å². The Morgan fingerprint density at radius 3 is 2.67 bits per heavy atom. The molecule has 0 aromatic rings. The molecule has 3 unspecified atom stereocenters. The molecule has 2 saturated carbocycles. The minimum absolute atomic E-state index is 0.0465. The molecule has 0 aromatic carbocycles. The number of isocyanates is 1. The second-order valence-electron chi connectivity index (χ2n) is 3.82. The van der Waals surface area contributed by atoms with E-state index in [1.54, 1.807) is 0 Å². The molecule has 2 rings (SSSR count). The van der Waals surface area contributed by atoms with Gasteiger partial charge in [0.1, 0.15) is 0 Å². The van der Waals surface area contributed by atoms with Crippen LogP contribution in [0.25, 0.3) is 0 Å². The van der Waals surface area contributed by atoms with Crippen molar-refractivity contribution in [3.05, 3.63) is 0 Å². The maximum atomic E-state index is 11.2. The monoisotopic (exact) mass is 165 g/mol. The van der Waals surface area contributed by atoms with Crippen molar-refractivity contribution in [2.75, 3.05) is 0 Å². The summed E-state index contributed by atoms with van der Waals surface area (Å²) in [5.41, 5.74) is 0. The van der Waals surface area contributed by atoms with Gasteiger partial charge in [0.2, 0.25) is 6.08 Å². The second-order valence-corrected chi connectivity index (χ2v) is 3.82. The maximum Gasteiger partial charge on any atom is 0.259 e. The van der Waals surface area contributed by atoms with Gasteiger partial charge in [0.15, 0.2) is 0 Å². The zero-order valence-corrected chi connectivity index (χ0v) is 6.82. The Balaban J connectivity index is 2.07. The number of nitrogens with zero attached hydrogens (tertiary/aromatic N) is 1. The van der Waals surface area contributed by atoms with Crippen molar-refractivity contribution < 1.29 is 9.59 Å². The van der Waals surface area contributed by atoms with Gasteiger partial charge >= 0.3 is 0 Å². The number of carbonyl (C=O) groups excluding carboxylic acids is 2. The number of fused-ring (bicyclic) bond motifs is 2. The molecule has 3 nitrogen and oxygen atoms in total. The van der Waals surface area contributed by atoms with E-state index in [1.165, 1.54) is 18.9 Å². The van der Waals surface area contributed by atoms with Gasteiger partial charge in [-0.2, -0.15) is 0 Å². The van der Waals surface area contributed by atoms with Gasteiger partial charge in [-0.25, -0.2) is 4.79 Å². The van der Waals surface area contributed by atoms with E-state index in [2.05, 4.69) is 4.99 Å². The van der Waals surface area contributed by atoms with Crippen molar-refractivity contribution in [1.29, 1.82) is 0 Å². The Kier molecular flexibility index (Phi) is 1.81. The highest BCUT2D eigenvalue weighted by Crippen LogP contribution is 2.48. The SMILES string of the molecule is O=C=NC(=O)C1CC2CCC1C2. The van der Waals surface area contributed by atoms with Crippen LogP contribution in [0.15, 0.2) is 4.99 Å². The number of carbonyl (C=O) groups is 1. The van der Waals surface area contributed by atoms with Crippen LogP contribution in [0.5, 0.6) is 0 Å². The molecule has 0 N–H and O–H groups in total. The van der Waals surface area contributed by atoms with Gasteiger partial charge in [0, 0.05) is 5.92 Å². The minimum Gasteiger partial charge on any atom is -0.271 e. The molecule has 1 amide bonds. The lowest BCUT2D eigenvalue weighted by molar-refractivity contribution is -0.122. The average Bonchev–Trinajstić information content (AvgIpc) is 2.64. The Labute approximate surface area is 70.9 Å². The van der Waals surface area contributed by atoms with Crippen LogP contribution in [0.3, 0.4) is 0 Å². The third kappa shape index (κ3) is 1.10. The van der Waals surface area contributed by atoms with E-state index in [0.717, 1.165) is 18.8 Å². The van der Waals surface area contributed by atoms with Crippen LogP contribution in [-0.2, 0) is 9.59 Å². The molecule has 64 valence electrons. The summed E-state index contributed by atoms with van der Waals surface area (Å²) in [6.07, 6.45) is 5.87. The molecule has 0 spiro atoms. The predicted molar refractivity (Wildman–Crippen MR) is 42.1 cm³/mol. The first-order valence-electron chi connectivity index (χ1n) is 4.43. The zero-order valence-electron chi connectivity index (χ0n) is 6.82. The van der Waals surface area contributed by atoms with Crippen LogP contribution >= 0.6 is 0 Å². The lowest BCUT2D eigenvalue weighted by atomic mass is 9.88. The summed E-state index contributed by atoms with van der Waals surface area (Å²) in [5, 5.41) is 0. The van der Waals surface area contributed by atoms with Gasteiger partial charge in [-0.3, -0.25) is 4.79 Å². The van der Waals surface area contributed by atoms with Gasteiger partial charge in [-0.15, -0.1) is 4.99 Å². The summed E-state index contributed by atoms with van der Waals surface area (Å²) in [4.78, 5) is 24.3. The average molecular weight is 165 g/mol. The highest BCUT2D eigenvalue weighted by Gasteiger charge is 2.42. The molecule has 2 bridgehead atoms. The van der Waals surface area contributed by atoms with Crippen LogP contribution in [0.1, 0.15) is 25.7 Å². The first kappa shape index (κ1) is 7.69. The molecule has 3 heteroatoms. The van der Waals surface area contributed by atoms with E-state index in [4.69, 9.17) is 0 Å². The lowest BCUT2D eigenvalue weighted by Gasteiger charge is -2.16. The van der Waals surface area contributed by atoms with Crippen molar-refractivity contribution >= 4 is 12.0 Å². The smallest absolute Gasteiger partial charge is 0.259 e. The first-order chi connectivity index (χ1) is 5.81.